The van der Waals surface area contributed by atoms with E-state index in [0.29, 0.717) is 31.8 Å². The molecule has 0 bridgehead atoms. The van der Waals surface area contributed by atoms with Crippen LogP contribution in [0.1, 0.15) is 54.4 Å². The van der Waals surface area contributed by atoms with Crippen molar-refractivity contribution in [3.63, 3.8) is 0 Å². The molecule has 0 spiro atoms. The number of aliphatic hydroxyl groups excluding tert-OH is 1. The Morgan fingerprint density at radius 3 is 2.82 bits per heavy atom. The van der Waals surface area contributed by atoms with Crippen molar-refractivity contribution in [2.24, 2.45) is 0 Å². The van der Waals surface area contributed by atoms with Crippen LogP contribution in [0.4, 0.5) is 0 Å². The number of esters is 1. The summed E-state index contributed by atoms with van der Waals surface area (Å²) in [4.78, 5) is 36.4. The zero-order valence-electron chi connectivity index (χ0n) is 19.0. The number of aromatic nitrogens is 2. The third-order valence-electron chi connectivity index (χ3n) is 5.86. The van der Waals surface area contributed by atoms with E-state index >= 15 is 0 Å². The SMILES string of the molecule is CCCC(=O)OC[C@@H](O)CN(Cc1ccccc1)Cc1nc2sc3c(c2c(=O)[nH]1)CCCC3. The van der Waals surface area contributed by atoms with E-state index in [9.17, 15) is 14.7 Å². The van der Waals surface area contributed by atoms with Crippen LogP contribution in [0.2, 0.25) is 0 Å². The minimum absolute atomic E-state index is 0.0508. The molecule has 0 amide bonds. The lowest BCUT2D eigenvalue weighted by atomic mass is 9.97. The number of carbonyl (C=O) groups is 1. The largest absolute Gasteiger partial charge is 0.463 e. The van der Waals surface area contributed by atoms with Gasteiger partial charge in [-0.1, -0.05) is 37.3 Å². The molecule has 3 aromatic rings. The Kier molecular flexibility index (Phi) is 7.90. The van der Waals surface area contributed by atoms with Gasteiger partial charge in [-0.2, -0.15) is 0 Å². The summed E-state index contributed by atoms with van der Waals surface area (Å²) in [5.74, 6) is 0.279. The Labute approximate surface area is 197 Å². The molecule has 0 saturated heterocycles. The first-order valence-electron chi connectivity index (χ1n) is 11.7. The van der Waals surface area contributed by atoms with E-state index in [1.807, 2.05) is 42.2 Å². The topological polar surface area (TPSA) is 95.5 Å². The molecular formula is C25H31N3O4S. The monoisotopic (exact) mass is 469 g/mol. The lowest BCUT2D eigenvalue weighted by molar-refractivity contribution is -0.147. The fourth-order valence-electron chi connectivity index (χ4n) is 4.34. The summed E-state index contributed by atoms with van der Waals surface area (Å²) < 4.78 is 5.18. The lowest BCUT2D eigenvalue weighted by Crippen LogP contribution is -2.35. The number of carbonyl (C=O) groups excluding carboxylic acids is 1. The van der Waals surface area contributed by atoms with Crippen LogP contribution in [-0.2, 0) is 35.5 Å². The first kappa shape index (κ1) is 23.6. The third kappa shape index (κ3) is 6.07. The fraction of sp³-hybridized carbons (Fsp3) is 0.480. The molecule has 1 aromatic carbocycles. The Hall–Kier alpha value is -2.55. The van der Waals surface area contributed by atoms with E-state index in [-0.39, 0.29) is 24.7 Å². The zero-order chi connectivity index (χ0) is 23.2. The van der Waals surface area contributed by atoms with E-state index in [0.717, 1.165) is 41.5 Å². The number of ether oxygens (including phenoxy) is 1. The summed E-state index contributed by atoms with van der Waals surface area (Å²) >= 11 is 1.63. The lowest BCUT2D eigenvalue weighted by Gasteiger charge is -2.24. The first-order chi connectivity index (χ1) is 16.0. The maximum Gasteiger partial charge on any atom is 0.305 e. The average molecular weight is 470 g/mol. The Balaban J connectivity index is 1.52. The highest BCUT2D eigenvalue weighted by Gasteiger charge is 2.21. The second kappa shape index (κ2) is 11.0. The van der Waals surface area contributed by atoms with Crippen LogP contribution in [0.5, 0.6) is 0 Å². The van der Waals surface area contributed by atoms with Gasteiger partial charge in [0.1, 0.15) is 23.4 Å². The smallest absolute Gasteiger partial charge is 0.305 e. The van der Waals surface area contributed by atoms with Gasteiger partial charge in [0.2, 0.25) is 0 Å². The van der Waals surface area contributed by atoms with Crippen molar-refractivity contribution < 1.29 is 14.6 Å². The van der Waals surface area contributed by atoms with Gasteiger partial charge >= 0.3 is 5.97 Å². The van der Waals surface area contributed by atoms with Crippen molar-refractivity contribution in [3.8, 4) is 0 Å². The number of H-pyrrole nitrogens is 1. The Morgan fingerprint density at radius 2 is 2.03 bits per heavy atom. The van der Waals surface area contributed by atoms with Gasteiger partial charge in [-0.25, -0.2) is 4.98 Å². The molecule has 0 aliphatic heterocycles. The number of hydrogen-bond acceptors (Lipinski definition) is 7. The van der Waals surface area contributed by atoms with Crippen LogP contribution in [0, 0.1) is 0 Å². The second-order valence-corrected chi connectivity index (χ2v) is 9.73. The number of nitrogens with zero attached hydrogens (tertiary/aromatic N) is 2. The van der Waals surface area contributed by atoms with Crippen LogP contribution in [0.3, 0.4) is 0 Å². The maximum absolute atomic E-state index is 12.9. The van der Waals surface area contributed by atoms with Gasteiger partial charge in [0.05, 0.1) is 11.9 Å². The van der Waals surface area contributed by atoms with Gasteiger partial charge in [0, 0.05) is 24.4 Å². The molecule has 1 aliphatic carbocycles. The quantitative estimate of drug-likeness (QED) is 0.441. The number of benzene rings is 1. The van der Waals surface area contributed by atoms with Crippen molar-refractivity contribution in [1.29, 1.82) is 0 Å². The summed E-state index contributed by atoms with van der Waals surface area (Å²) in [7, 11) is 0. The highest BCUT2D eigenvalue weighted by molar-refractivity contribution is 7.18. The molecule has 0 saturated carbocycles. The predicted molar refractivity (Wildman–Crippen MR) is 129 cm³/mol. The number of aliphatic hydroxyl groups is 1. The highest BCUT2D eigenvalue weighted by Crippen LogP contribution is 2.33. The number of rotatable bonds is 10. The first-order valence-corrected chi connectivity index (χ1v) is 12.5. The van der Waals surface area contributed by atoms with Crippen LogP contribution in [0.25, 0.3) is 10.2 Å². The van der Waals surface area contributed by atoms with E-state index < -0.39 is 6.10 Å². The number of thiophene rings is 1. The molecule has 2 aromatic heterocycles. The molecule has 0 radical (unpaired) electrons. The van der Waals surface area contributed by atoms with Gasteiger partial charge < -0.3 is 14.8 Å². The normalized spacial score (nSPS) is 14.4. The molecule has 1 atom stereocenters. The van der Waals surface area contributed by atoms with Crippen LogP contribution >= 0.6 is 11.3 Å². The fourth-order valence-corrected chi connectivity index (χ4v) is 5.62. The van der Waals surface area contributed by atoms with E-state index in [1.165, 1.54) is 10.4 Å². The molecular weight excluding hydrogens is 438 g/mol. The summed E-state index contributed by atoms with van der Waals surface area (Å²) in [6.45, 7) is 3.10. The van der Waals surface area contributed by atoms with E-state index in [1.54, 1.807) is 11.3 Å². The standard InChI is InChI=1S/C25H31N3O4S/c1-2-8-22(30)32-16-18(29)14-28(13-17-9-4-3-5-10-17)15-21-26-24(31)23-19-11-6-7-12-20(19)33-25(23)27-21/h3-5,9-10,18,29H,2,6-8,11-16H2,1H3,(H,26,27,31)/t18-/m0/s1. The number of hydrogen-bond donors (Lipinski definition) is 2. The van der Waals surface area contributed by atoms with Gasteiger partial charge in [-0.05, 0) is 43.2 Å². The van der Waals surface area contributed by atoms with E-state index in [4.69, 9.17) is 9.72 Å². The third-order valence-corrected chi connectivity index (χ3v) is 7.04. The summed E-state index contributed by atoms with van der Waals surface area (Å²) in [5, 5.41) is 11.3. The van der Waals surface area contributed by atoms with Gasteiger partial charge in [-0.15, -0.1) is 11.3 Å². The Bertz CT molecular complexity index is 1140. The minimum Gasteiger partial charge on any atom is -0.463 e. The Morgan fingerprint density at radius 1 is 1.24 bits per heavy atom. The van der Waals surface area contributed by atoms with Crippen LogP contribution in [-0.4, -0.2) is 45.2 Å². The number of aromatic amines is 1. The molecule has 7 nitrogen and oxygen atoms in total. The highest BCUT2D eigenvalue weighted by atomic mass is 32.1. The maximum atomic E-state index is 12.9. The molecule has 8 heteroatoms. The summed E-state index contributed by atoms with van der Waals surface area (Å²) in [6.07, 6.45) is 4.47. The molecule has 33 heavy (non-hydrogen) atoms. The average Bonchev–Trinajstić information content (AvgIpc) is 3.17. The number of aryl methyl sites for hydroxylation is 2. The molecule has 2 heterocycles. The number of nitrogens with one attached hydrogen (secondary N) is 1. The molecule has 0 unspecified atom stereocenters. The van der Waals surface area contributed by atoms with E-state index in [2.05, 4.69) is 4.98 Å². The second-order valence-electron chi connectivity index (χ2n) is 8.65. The van der Waals surface area contributed by atoms with Crippen LogP contribution < -0.4 is 5.56 Å². The van der Waals surface area contributed by atoms with Gasteiger partial charge in [0.25, 0.3) is 5.56 Å². The van der Waals surface area contributed by atoms with Crippen molar-refractivity contribution in [1.82, 2.24) is 14.9 Å². The molecule has 0 fully saturated rings. The molecule has 176 valence electrons. The van der Waals surface area contributed by atoms with Crippen molar-refractivity contribution in [2.75, 3.05) is 13.2 Å². The minimum atomic E-state index is -0.834. The zero-order valence-corrected chi connectivity index (χ0v) is 19.8. The van der Waals surface area contributed by atoms with Gasteiger partial charge in [0.15, 0.2) is 0 Å². The molecule has 4 rings (SSSR count). The summed E-state index contributed by atoms with van der Waals surface area (Å²) in [6, 6.07) is 9.94. The number of fused-ring (bicyclic) bond motifs is 3. The molecule has 2 N–H and O–H groups in total. The van der Waals surface area contributed by atoms with Crippen LogP contribution in [0.15, 0.2) is 35.1 Å². The van der Waals surface area contributed by atoms with Crippen molar-refractivity contribution >= 4 is 27.5 Å². The van der Waals surface area contributed by atoms with Gasteiger partial charge in [-0.3, -0.25) is 14.5 Å². The van der Waals surface area contributed by atoms with Crippen molar-refractivity contribution in [3.05, 3.63) is 62.5 Å². The van der Waals surface area contributed by atoms with Crippen molar-refractivity contribution in [2.45, 2.75) is 64.6 Å². The summed E-state index contributed by atoms with van der Waals surface area (Å²) in [5.41, 5.74) is 2.18. The predicted octanol–water partition coefficient (Wildman–Crippen LogP) is 3.57. The molecule has 1 aliphatic rings.